The van der Waals surface area contributed by atoms with Gasteiger partial charge in [0.25, 0.3) is 0 Å². The Kier molecular flexibility index (Phi) is 6.31. The summed E-state index contributed by atoms with van der Waals surface area (Å²) in [7, 11) is -3.16. The molecule has 5 heteroatoms. The number of nitrogens with one attached hydrogen (secondary N) is 1. The van der Waals surface area contributed by atoms with Gasteiger partial charge in [0.15, 0.2) is 9.84 Å². The van der Waals surface area contributed by atoms with Crippen molar-refractivity contribution in [2.24, 2.45) is 0 Å². The summed E-state index contributed by atoms with van der Waals surface area (Å²) in [6.45, 7) is 5.91. The van der Waals surface area contributed by atoms with E-state index in [1.54, 1.807) is 24.3 Å². The van der Waals surface area contributed by atoms with Crippen LogP contribution in [0.2, 0.25) is 0 Å². The minimum absolute atomic E-state index is 0.186. The highest BCUT2D eigenvalue weighted by atomic mass is 32.2. The number of ether oxygens (including phenoxy) is 1. The Hall–Kier alpha value is -1.07. The van der Waals surface area contributed by atoms with Gasteiger partial charge in [0, 0.05) is 6.26 Å². The molecular formula is C14H23NO3S. The fraction of sp³-hybridized carbons (Fsp3) is 0.571. The zero-order chi connectivity index (χ0) is 14.3. The molecule has 1 aromatic carbocycles. The van der Waals surface area contributed by atoms with Crippen LogP contribution in [0.3, 0.4) is 0 Å². The van der Waals surface area contributed by atoms with E-state index < -0.39 is 9.84 Å². The van der Waals surface area contributed by atoms with Crippen LogP contribution < -0.4 is 10.1 Å². The van der Waals surface area contributed by atoms with E-state index in [1.165, 1.54) is 6.26 Å². The first kappa shape index (κ1) is 16.0. The lowest BCUT2D eigenvalue weighted by atomic mass is 10.1. The van der Waals surface area contributed by atoms with Gasteiger partial charge in [-0.2, -0.15) is 0 Å². The van der Waals surface area contributed by atoms with Crippen LogP contribution in [0.5, 0.6) is 5.75 Å². The van der Waals surface area contributed by atoms with E-state index in [-0.39, 0.29) is 6.10 Å². The molecule has 1 N–H and O–H groups in total. The van der Waals surface area contributed by atoms with Crippen molar-refractivity contribution in [2.75, 3.05) is 19.3 Å². The van der Waals surface area contributed by atoms with Gasteiger partial charge in [0.2, 0.25) is 0 Å². The molecule has 19 heavy (non-hydrogen) atoms. The Bertz CT molecular complexity index is 479. The van der Waals surface area contributed by atoms with Gasteiger partial charge in [-0.15, -0.1) is 0 Å². The predicted molar refractivity (Wildman–Crippen MR) is 77.4 cm³/mol. The molecule has 0 unspecified atom stereocenters. The average molecular weight is 285 g/mol. The molecule has 1 saturated heterocycles. The van der Waals surface area contributed by atoms with Crippen molar-refractivity contribution in [2.45, 2.75) is 37.7 Å². The van der Waals surface area contributed by atoms with Gasteiger partial charge in [-0.1, -0.05) is 19.9 Å². The molecule has 2 rings (SSSR count). The van der Waals surface area contributed by atoms with Gasteiger partial charge in [0.1, 0.15) is 11.9 Å². The Balaban J connectivity index is 0.000000861. The topological polar surface area (TPSA) is 55.4 Å². The molecule has 1 heterocycles. The third-order valence-corrected chi connectivity index (χ3v) is 3.93. The monoisotopic (exact) mass is 285 g/mol. The van der Waals surface area contributed by atoms with E-state index in [2.05, 4.69) is 5.32 Å². The Morgan fingerprint density at radius 2 is 1.84 bits per heavy atom. The van der Waals surface area contributed by atoms with E-state index in [1.807, 2.05) is 13.8 Å². The molecule has 1 aliphatic heterocycles. The van der Waals surface area contributed by atoms with E-state index >= 15 is 0 Å². The number of hydrogen-bond donors (Lipinski definition) is 1. The normalized spacial score (nSPS) is 16.4. The molecule has 0 bridgehead atoms. The quantitative estimate of drug-likeness (QED) is 0.925. The SMILES string of the molecule is CC.CS(=O)(=O)c1cccc(OC2CCNCC2)c1. The van der Waals surface area contributed by atoms with Crippen molar-refractivity contribution >= 4 is 9.84 Å². The van der Waals surface area contributed by atoms with Crippen LogP contribution in [0.25, 0.3) is 0 Å². The van der Waals surface area contributed by atoms with Crippen LogP contribution in [0.1, 0.15) is 26.7 Å². The highest BCUT2D eigenvalue weighted by Gasteiger charge is 2.15. The highest BCUT2D eigenvalue weighted by molar-refractivity contribution is 7.90. The lowest BCUT2D eigenvalue weighted by molar-refractivity contribution is 0.162. The summed E-state index contributed by atoms with van der Waals surface area (Å²) >= 11 is 0. The van der Waals surface area contributed by atoms with Gasteiger partial charge < -0.3 is 10.1 Å². The number of sulfone groups is 1. The summed E-state index contributed by atoms with van der Waals surface area (Å²) in [4.78, 5) is 0.309. The lowest BCUT2D eigenvalue weighted by Crippen LogP contribution is -2.34. The smallest absolute Gasteiger partial charge is 0.175 e. The molecule has 0 spiro atoms. The Morgan fingerprint density at radius 3 is 2.42 bits per heavy atom. The largest absolute Gasteiger partial charge is 0.490 e. The van der Waals surface area contributed by atoms with Crippen LogP contribution in [-0.4, -0.2) is 33.9 Å². The van der Waals surface area contributed by atoms with Gasteiger partial charge in [-0.25, -0.2) is 8.42 Å². The van der Waals surface area contributed by atoms with Crippen molar-refractivity contribution in [1.82, 2.24) is 5.32 Å². The van der Waals surface area contributed by atoms with Crippen molar-refractivity contribution in [3.05, 3.63) is 24.3 Å². The van der Waals surface area contributed by atoms with Crippen molar-refractivity contribution in [3.8, 4) is 5.75 Å². The standard InChI is InChI=1S/C12H17NO3S.C2H6/c1-17(14,15)12-4-2-3-11(9-12)16-10-5-7-13-8-6-10;1-2/h2-4,9-10,13H,5-8H2,1H3;1-2H3. The summed E-state index contributed by atoms with van der Waals surface area (Å²) in [5, 5.41) is 3.26. The third-order valence-electron chi connectivity index (χ3n) is 2.82. The molecule has 1 aromatic rings. The molecule has 4 nitrogen and oxygen atoms in total. The first-order valence-electron chi connectivity index (χ1n) is 6.73. The number of benzene rings is 1. The second-order valence-corrected chi connectivity index (χ2v) is 6.33. The lowest BCUT2D eigenvalue weighted by Gasteiger charge is -2.23. The number of piperidine rings is 1. The summed E-state index contributed by atoms with van der Waals surface area (Å²) < 4.78 is 28.6. The van der Waals surface area contributed by atoms with Crippen molar-refractivity contribution in [3.63, 3.8) is 0 Å². The summed E-state index contributed by atoms with van der Waals surface area (Å²) in [5.74, 6) is 0.639. The second-order valence-electron chi connectivity index (χ2n) is 4.31. The summed E-state index contributed by atoms with van der Waals surface area (Å²) in [5.41, 5.74) is 0. The van der Waals surface area contributed by atoms with E-state index in [0.717, 1.165) is 25.9 Å². The summed E-state index contributed by atoms with van der Waals surface area (Å²) in [6, 6.07) is 6.70. The van der Waals surface area contributed by atoms with Crippen molar-refractivity contribution in [1.29, 1.82) is 0 Å². The molecule has 0 aliphatic carbocycles. The van der Waals surface area contributed by atoms with Gasteiger partial charge in [-0.3, -0.25) is 0 Å². The molecule has 0 saturated carbocycles. The maximum atomic E-state index is 11.4. The minimum Gasteiger partial charge on any atom is -0.490 e. The molecular weight excluding hydrogens is 262 g/mol. The zero-order valence-corrected chi connectivity index (χ0v) is 12.7. The van der Waals surface area contributed by atoms with Crippen LogP contribution in [0, 0.1) is 0 Å². The van der Waals surface area contributed by atoms with E-state index in [9.17, 15) is 8.42 Å². The van der Waals surface area contributed by atoms with Gasteiger partial charge >= 0.3 is 0 Å². The van der Waals surface area contributed by atoms with Crippen LogP contribution in [0.15, 0.2) is 29.2 Å². The van der Waals surface area contributed by atoms with Crippen LogP contribution in [0.4, 0.5) is 0 Å². The Morgan fingerprint density at radius 1 is 1.21 bits per heavy atom. The Labute approximate surface area is 116 Å². The van der Waals surface area contributed by atoms with Crippen LogP contribution >= 0.6 is 0 Å². The summed E-state index contributed by atoms with van der Waals surface area (Å²) in [6.07, 6.45) is 3.31. The molecule has 0 aromatic heterocycles. The molecule has 0 atom stereocenters. The van der Waals surface area contributed by atoms with E-state index in [0.29, 0.717) is 10.6 Å². The minimum atomic E-state index is -3.16. The fourth-order valence-electron chi connectivity index (χ4n) is 1.88. The van der Waals surface area contributed by atoms with Gasteiger partial charge in [-0.05, 0) is 44.1 Å². The number of rotatable bonds is 3. The van der Waals surface area contributed by atoms with Gasteiger partial charge in [0.05, 0.1) is 4.90 Å². The molecule has 1 fully saturated rings. The average Bonchev–Trinajstić information content (AvgIpc) is 2.41. The first-order valence-corrected chi connectivity index (χ1v) is 8.62. The molecule has 108 valence electrons. The van der Waals surface area contributed by atoms with Crippen LogP contribution in [-0.2, 0) is 9.84 Å². The highest BCUT2D eigenvalue weighted by Crippen LogP contribution is 2.20. The van der Waals surface area contributed by atoms with Crippen molar-refractivity contribution < 1.29 is 13.2 Å². The zero-order valence-electron chi connectivity index (χ0n) is 11.8. The maximum absolute atomic E-state index is 11.4. The number of hydrogen-bond acceptors (Lipinski definition) is 4. The molecule has 0 radical (unpaired) electrons. The molecule has 0 amide bonds. The predicted octanol–water partition coefficient (Wildman–Crippen LogP) is 2.25. The second kappa shape index (κ2) is 7.50. The van der Waals surface area contributed by atoms with E-state index in [4.69, 9.17) is 4.74 Å². The fourth-order valence-corrected chi connectivity index (χ4v) is 2.54. The molecule has 1 aliphatic rings. The third kappa shape index (κ3) is 5.20. The maximum Gasteiger partial charge on any atom is 0.175 e. The first-order chi connectivity index (χ1) is 9.05.